The largest absolute Gasteiger partial charge is 0.495 e. The van der Waals surface area contributed by atoms with E-state index >= 15 is 0 Å². The highest BCUT2D eigenvalue weighted by atomic mass is 16.5. The summed E-state index contributed by atoms with van der Waals surface area (Å²) in [6, 6.07) is 1.96. The molecule has 0 saturated heterocycles. The summed E-state index contributed by atoms with van der Waals surface area (Å²) in [5.74, 6) is 0.759. The van der Waals surface area contributed by atoms with Gasteiger partial charge in [-0.1, -0.05) is 0 Å². The maximum atomic E-state index is 5.35. The number of fused-ring (bicyclic) bond motifs is 1. The molecule has 4 heteroatoms. The van der Waals surface area contributed by atoms with Crippen LogP contribution >= 0.6 is 0 Å². The van der Waals surface area contributed by atoms with Crippen LogP contribution in [0.2, 0.25) is 0 Å². The Bertz CT molecular complexity index is 451. The van der Waals surface area contributed by atoms with Crippen LogP contribution in [0.15, 0.2) is 22.9 Å². The molecule has 0 fully saturated rings. The summed E-state index contributed by atoms with van der Waals surface area (Å²) in [6.07, 6.45) is 4.35. The lowest BCUT2D eigenvalue weighted by Gasteiger charge is -1.99. The Morgan fingerprint density at radius 2 is 2.40 bits per heavy atom. The molecule has 2 rings (SSSR count). The van der Waals surface area contributed by atoms with Gasteiger partial charge in [-0.15, -0.1) is 0 Å². The summed E-state index contributed by atoms with van der Waals surface area (Å²) in [6.45, 7) is 0.922. The molecule has 0 aliphatic rings. The number of ether oxygens (including phenoxy) is 1. The van der Waals surface area contributed by atoms with Crippen LogP contribution in [0.1, 0.15) is 5.56 Å². The van der Waals surface area contributed by atoms with Crippen LogP contribution in [0.3, 0.4) is 0 Å². The van der Waals surface area contributed by atoms with Crippen molar-refractivity contribution in [1.82, 2.24) is 10.3 Å². The topological polar surface area (TPSA) is 47.3 Å². The van der Waals surface area contributed by atoms with Crippen LogP contribution in [0.25, 0.3) is 11.1 Å². The van der Waals surface area contributed by atoms with Crippen LogP contribution in [-0.2, 0) is 6.42 Å². The fourth-order valence-electron chi connectivity index (χ4n) is 1.51. The minimum atomic E-state index is 0.668. The molecule has 4 nitrogen and oxygen atoms in total. The summed E-state index contributed by atoms with van der Waals surface area (Å²) < 4.78 is 10.5. The highest BCUT2D eigenvalue weighted by Gasteiger charge is 2.07. The summed E-state index contributed by atoms with van der Waals surface area (Å²) in [5, 5.41) is 4.14. The molecule has 0 spiro atoms. The van der Waals surface area contributed by atoms with Gasteiger partial charge in [0, 0.05) is 10.9 Å². The van der Waals surface area contributed by atoms with Gasteiger partial charge >= 0.3 is 0 Å². The average Bonchev–Trinajstić information content (AvgIpc) is 2.68. The summed E-state index contributed by atoms with van der Waals surface area (Å²) in [5.41, 5.74) is 1.83. The summed E-state index contributed by atoms with van der Waals surface area (Å²) in [7, 11) is 3.57. The first-order valence-corrected chi connectivity index (χ1v) is 4.90. The number of hydrogen-bond donors (Lipinski definition) is 1. The Balaban J connectivity index is 2.38. The van der Waals surface area contributed by atoms with Crippen molar-refractivity contribution in [3.05, 3.63) is 24.1 Å². The molecule has 0 saturated carbocycles. The molecule has 0 unspecified atom stereocenters. The molecule has 2 heterocycles. The van der Waals surface area contributed by atoms with E-state index in [0.717, 1.165) is 29.7 Å². The van der Waals surface area contributed by atoms with Gasteiger partial charge in [-0.2, -0.15) is 0 Å². The van der Waals surface area contributed by atoms with Crippen molar-refractivity contribution >= 4 is 11.1 Å². The van der Waals surface area contributed by atoms with Crippen molar-refractivity contribution in [3.8, 4) is 5.75 Å². The van der Waals surface area contributed by atoms with E-state index in [9.17, 15) is 0 Å². The van der Waals surface area contributed by atoms with Crippen LogP contribution in [0, 0.1) is 0 Å². The zero-order valence-corrected chi connectivity index (χ0v) is 8.91. The lowest BCUT2D eigenvalue weighted by atomic mass is 10.1. The van der Waals surface area contributed by atoms with Crippen LogP contribution in [0.5, 0.6) is 5.75 Å². The highest BCUT2D eigenvalue weighted by Crippen LogP contribution is 2.23. The number of likely N-dealkylation sites (N-methyl/N-ethyl adjacent to an activating group) is 1. The number of hydrogen-bond acceptors (Lipinski definition) is 4. The molecule has 0 aliphatic heterocycles. The third-order valence-corrected chi connectivity index (χ3v) is 2.36. The molecule has 0 bridgehead atoms. The number of nitrogens with zero attached hydrogens (tertiary/aromatic N) is 1. The van der Waals surface area contributed by atoms with Gasteiger partial charge in [0.15, 0.2) is 0 Å². The van der Waals surface area contributed by atoms with Crippen molar-refractivity contribution in [2.75, 3.05) is 20.7 Å². The van der Waals surface area contributed by atoms with Gasteiger partial charge in [0.1, 0.15) is 5.75 Å². The van der Waals surface area contributed by atoms with E-state index in [-0.39, 0.29) is 0 Å². The third kappa shape index (κ3) is 1.94. The van der Waals surface area contributed by atoms with Gasteiger partial charge in [-0.25, -0.2) is 4.98 Å². The molecule has 1 N–H and O–H groups in total. The number of pyridine rings is 1. The van der Waals surface area contributed by atoms with Crippen LogP contribution in [-0.4, -0.2) is 25.7 Å². The smallest absolute Gasteiger partial charge is 0.226 e. The predicted molar refractivity (Wildman–Crippen MR) is 58.2 cm³/mol. The zero-order chi connectivity index (χ0) is 10.7. The van der Waals surface area contributed by atoms with E-state index in [2.05, 4.69) is 10.3 Å². The van der Waals surface area contributed by atoms with Gasteiger partial charge in [0.05, 0.1) is 19.6 Å². The number of methoxy groups -OCH3 is 1. The second kappa shape index (κ2) is 4.31. The highest BCUT2D eigenvalue weighted by molar-refractivity contribution is 5.78. The number of aromatic nitrogens is 1. The predicted octanol–water partition coefficient (Wildman–Crippen LogP) is 1.60. The van der Waals surface area contributed by atoms with E-state index in [1.54, 1.807) is 19.6 Å². The molecular weight excluding hydrogens is 192 g/mol. The first-order valence-electron chi connectivity index (χ1n) is 4.90. The normalized spacial score (nSPS) is 10.8. The number of nitrogens with one attached hydrogen (secondary N) is 1. The SMILES string of the molecule is CNCCc1coc2ncc(OC)cc12. The van der Waals surface area contributed by atoms with Gasteiger partial charge in [0.25, 0.3) is 0 Å². The molecule has 0 aromatic carbocycles. The Hall–Kier alpha value is -1.55. The van der Waals surface area contributed by atoms with Crippen molar-refractivity contribution in [3.63, 3.8) is 0 Å². The fourth-order valence-corrected chi connectivity index (χ4v) is 1.51. The monoisotopic (exact) mass is 206 g/mol. The Morgan fingerprint density at radius 3 is 3.13 bits per heavy atom. The maximum Gasteiger partial charge on any atom is 0.226 e. The Kier molecular flexibility index (Phi) is 2.87. The van der Waals surface area contributed by atoms with Gasteiger partial charge < -0.3 is 14.5 Å². The first-order chi connectivity index (χ1) is 7.35. The molecule has 2 aromatic heterocycles. The minimum absolute atomic E-state index is 0.668. The van der Waals surface area contributed by atoms with Crippen molar-refractivity contribution in [2.24, 2.45) is 0 Å². The lowest BCUT2D eigenvalue weighted by Crippen LogP contribution is -2.09. The molecule has 0 atom stereocenters. The molecule has 15 heavy (non-hydrogen) atoms. The quantitative estimate of drug-likeness (QED) is 0.825. The average molecular weight is 206 g/mol. The van der Waals surface area contributed by atoms with E-state index in [1.165, 1.54) is 0 Å². The number of rotatable bonds is 4. The first kappa shape index (κ1) is 9.98. The molecule has 0 radical (unpaired) electrons. The molecule has 80 valence electrons. The van der Waals surface area contributed by atoms with E-state index in [4.69, 9.17) is 9.15 Å². The van der Waals surface area contributed by atoms with Crippen molar-refractivity contribution in [2.45, 2.75) is 6.42 Å². The van der Waals surface area contributed by atoms with Gasteiger partial charge in [-0.3, -0.25) is 0 Å². The molecule has 0 aliphatic carbocycles. The number of furan rings is 1. The van der Waals surface area contributed by atoms with E-state index in [1.807, 2.05) is 13.1 Å². The van der Waals surface area contributed by atoms with E-state index in [0.29, 0.717) is 5.71 Å². The lowest BCUT2D eigenvalue weighted by molar-refractivity contribution is 0.413. The van der Waals surface area contributed by atoms with Crippen LogP contribution < -0.4 is 10.1 Å². The molecule has 2 aromatic rings. The zero-order valence-electron chi connectivity index (χ0n) is 8.91. The second-order valence-corrected chi connectivity index (χ2v) is 3.34. The van der Waals surface area contributed by atoms with Crippen molar-refractivity contribution < 1.29 is 9.15 Å². The van der Waals surface area contributed by atoms with Gasteiger partial charge in [0.2, 0.25) is 5.71 Å². The Labute approximate surface area is 88.3 Å². The molecular formula is C11H14N2O2. The maximum absolute atomic E-state index is 5.35. The molecule has 0 amide bonds. The van der Waals surface area contributed by atoms with Gasteiger partial charge in [-0.05, 0) is 26.1 Å². The summed E-state index contributed by atoms with van der Waals surface area (Å²) >= 11 is 0. The van der Waals surface area contributed by atoms with Crippen molar-refractivity contribution in [1.29, 1.82) is 0 Å². The van der Waals surface area contributed by atoms with Crippen LogP contribution in [0.4, 0.5) is 0 Å². The van der Waals surface area contributed by atoms with E-state index < -0.39 is 0 Å². The second-order valence-electron chi connectivity index (χ2n) is 3.34. The summed E-state index contributed by atoms with van der Waals surface area (Å²) in [4.78, 5) is 4.17. The fraction of sp³-hybridized carbons (Fsp3) is 0.364. The minimum Gasteiger partial charge on any atom is -0.495 e. The standard InChI is InChI=1S/C11H14N2O2/c1-12-4-3-8-7-15-11-10(8)5-9(14-2)6-13-11/h5-7,12H,3-4H2,1-2H3. The Morgan fingerprint density at radius 1 is 1.53 bits per heavy atom. The third-order valence-electron chi connectivity index (χ3n) is 2.36.